The van der Waals surface area contributed by atoms with Crippen molar-refractivity contribution < 1.29 is 14.3 Å². The molecule has 6 nitrogen and oxygen atoms in total. The van der Waals surface area contributed by atoms with Crippen LogP contribution in [0.25, 0.3) is 10.9 Å². The van der Waals surface area contributed by atoms with Crippen LogP contribution in [0.4, 0.5) is 4.39 Å². The highest BCUT2D eigenvalue weighted by Crippen LogP contribution is 2.29. The molecule has 1 aromatic carbocycles. The van der Waals surface area contributed by atoms with E-state index in [1.165, 1.54) is 10.7 Å². The van der Waals surface area contributed by atoms with Crippen molar-refractivity contribution in [1.82, 2.24) is 19.7 Å². The van der Waals surface area contributed by atoms with E-state index < -0.39 is 5.97 Å². The van der Waals surface area contributed by atoms with Crippen LogP contribution >= 0.6 is 0 Å². The van der Waals surface area contributed by atoms with E-state index >= 15 is 0 Å². The van der Waals surface area contributed by atoms with Crippen molar-refractivity contribution in [1.29, 1.82) is 0 Å². The van der Waals surface area contributed by atoms with E-state index in [0.717, 1.165) is 60.3 Å². The Balaban J connectivity index is 1.48. The fraction of sp³-hybridized carbons (Fsp3) is 0.400. The highest BCUT2D eigenvalue weighted by molar-refractivity contribution is 5.84. The van der Waals surface area contributed by atoms with Gasteiger partial charge in [0.1, 0.15) is 12.4 Å². The molecule has 7 heteroatoms. The van der Waals surface area contributed by atoms with E-state index in [-0.39, 0.29) is 12.4 Å². The zero-order valence-corrected chi connectivity index (χ0v) is 15.3. The Morgan fingerprint density at radius 3 is 3.07 bits per heavy atom. The molecule has 0 spiro atoms. The van der Waals surface area contributed by atoms with E-state index in [0.29, 0.717) is 5.92 Å². The van der Waals surface area contributed by atoms with E-state index in [4.69, 9.17) is 5.11 Å². The number of rotatable bonds is 5. The second-order valence-electron chi connectivity index (χ2n) is 7.32. The lowest BCUT2D eigenvalue weighted by Gasteiger charge is -2.31. The summed E-state index contributed by atoms with van der Waals surface area (Å²) in [6, 6.07) is 6.77. The topological polar surface area (TPSA) is 74.2 Å². The summed E-state index contributed by atoms with van der Waals surface area (Å²) in [7, 11) is 0. The summed E-state index contributed by atoms with van der Waals surface area (Å²) in [5, 5.41) is 14.3. The molecule has 142 valence electrons. The number of aromatic nitrogens is 3. The van der Waals surface area contributed by atoms with E-state index in [1.54, 1.807) is 18.3 Å². The second-order valence-corrected chi connectivity index (χ2v) is 7.32. The Kier molecular flexibility index (Phi) is 4.70. The van der Waals surface area contributed by atoms with Crippen molar-refractivity contribution in [3.63, 3.8) is 0 Å². The molecule has 0 bridgehead atoms. The van der Waals surface area contributed by atoms with Crippen LogP contribution in [0.1, 0.15) is 35.7 Å². The number of aliphatic carboxylic acids is 1. The molecule has 0 radical (unpaired) electrons. The molecular formula is C20H23FN4O2. The zero-order valence-electron chi connectivity index (χ0n) is 15.3. The highest BCUT2D eigenvalue weighted by Gasteiger charge is 2.24. The zero-order chi connectivity index (χ0) is 19.0. The first-order valence-electron chi connectivity index (χ1n) is 9.24. The molecule has 1 aliphatic rings. The molecule has 3 aromatic rings. The van der Waals surface area contributed by atoms with Gasteiger partial charge in [-0.25, -0.2) is 4.39 Å². The van der Waals surface area contributed by atoms with Crippen molar-refractivity contribution in [2.24, 2.45) is 0 Å². The van der Waals surface area contributed by atoms with Gasteiger partial charge in [0.05, 0.1) is 5.69 Å². The molecule has 1 aliphatic heterocycles. The minimum atomic E-state index is -0.888. The second kappa shape index (κ2) is 7.15. The van der Waals surface area contributed by atoms with Gasteiger partial charge >= 0.3 is 5.97 Å². The van der Waals surface area contributed by atoms with Gasteiger partial charge in [-0.15, -0.1) is 0 Å². The van der Waals surface area contributed by atoms with Gasteiger partial charge in [-0.1, -0.05) is 0 Å². The lowest BCUT2D eigenvalue weighted by atomic mass is 9.95. The summed E-state index contributed by atoms with van der Waals surface area (Å²) < 4.78 is 15.0. The lowest BCUT2D eigenvalue weighted by Crippen LogP contribution is -2.34. The van der Waals surface area contributed by atoms with Crippen LogP contribution in [0.2, 0.25) is 0 Å². The molecule has 3 heterocycles. The maximum Gasteiger partial charge on any atom is 0.325 e. The molecule has 0 saturated carbocycles. The smallest absolute Gasteiger partial charge is 0.325 e. The maximum absolute atomic E-state index is 13.5. The standard InChI is InChI=1S/C20H23FN4O2/c1-13-16-9-15(21)4-5-18(16)22-19(13)11-24-7-2-3-14(10-24)17-6-8-25(23-17)12-20(26)27/h4-6,8-9,14,22H,2-3,7,10-12H2,1H3,(H,26,27). The summed E-state index contributed by atoms with van der Waals surface area (Å²) in [6.45, 7) is 4.60. The molecule has 4 rings (SSSR count). The molecular weight excluding hydrogens is 347 g/mol. The van der Waals surface area contributed by atoms with E-state index in [1.807, 2.05) is 13.0 Å². The van der Waals surface area contributed by atoms with Crippen LogP contribution in [-0.2, 0) is 17.9 Å². The van der Waals surface area contributed by atoms with Gasteiger partial charge in [0.2, 0.25) is 0 Å². The number of aryl methyl sites for hydroxylation is 1. The third kappa shape index (κ3) is 3.73. The number of likely N-dealkylation sites (tertiary alicyclic amines) is 1. The SMILES string of the molecule is Cc1c(CN2CCCC(c3ccn(CC(=O)O)n3)C2)[nH]c2ccc(F)cc12. The summed E-state index contributed by atoms with van der Waals surface area (Å²) in [5.41, 5.74) is 4.13. The predicted molar refractivity (Wildman–Crippen MR) is 100 cm³/mol. The van der Waals surface area contributed by atoms with Gasteiger partial charge in [-0.05, 0) is 56.1 Å². The number of hydrogen-bond donors (Lipinski definition) is 2. The minimum Gasteiger partial charge on any atom is -0.480 e. The van der Waals surface area contributed by atoms with Gasteiger partial charge in [0, 0.05) is 41.8 Å². The number of aromatic amines is 1. The summed E-state index contributed by atoms with van der Waals surface area (Å²) in [6.07, 6.45) is 3.86. The van der Waals surface area contributed by atoms with E-state index in [9.17, 15) is 9.18 Å². The third-order valence-corrected chi connectivity index (χ3v) is 5.39. The molecule has 1 fully saturated rings. The van der Waals surface area contributed by atoms with Crippen LogP contribution in [-0.4, -0.2) is 43.8 Å². The molecule has 2 aromatic heterocycles. The van der Waals surface area contributed by atoms with Gasteiger partial charge in [-0.3, -0.25) is 14.4 Å². The van der Waals surface area contributed by atoms with Crippen LogP contribution in [0.15, 0.2) is 30.5 Å². The third-order valence-electron chi connectivity index (χ3n) is 5.39. The Morgan fingerprint density at radius 1 is 1.41 bits per heavy atom. The molecule has 0 aliphatic carbocycles. The number of hydrogen-bond acceptors (Lipinski definition) is 3. The van der Waals surface area contributed by atoms with Gasteiger partial charge < -0.3 is 10.1 Å². The Bertz CT molecular complexity index is 978. The highest BCUT2D eigenvalue weighted by atomic mass is 19.1. The van der Waals surface area contributed by atoms with Crippen molar-refractivity contribution in [3.05, 3.63) is 53.2 Å². The van der Waals surface area contributed by atoms with Gasteiger partial charge in [-0.2, -0.15) is 5.10 Å². The first-order valence-corrected chi connectivity index (χ1v) is 9.24. The molecule has 2 N–H and O–H groups in total. The largest absolute Gasteiger partial charge is 0.480 e. The monoisotopic (exact) mass is 370 g/mol. The maximum atomic E-state index is 13.5. The number of piperidine rings is 1. The Labute approximate surface area is 156 Å². The van der Waals surface area contributed by atoms with Crippen molar-refractivity contribution >= 4 is 16.9 Å². The first kappa shape index (κ1) is 17.7. The Morgan fingerprint density at radius 2 is 2.26 bits per heavy atom. The molecule has 1 unspecified atom stereocenters. The molecule has 1 atom stereocenters. The minimum absolute atomic E-state index is 0.110. The number of halogens is 1. The van der Waals surface area contributed by atoms with Crippen molar-refractivity contribution in [3.8, 4) is 0 Å². The predicted octanol–water partition coefficient (Wildman–Crippen LogP) is 3.28. The average Bonchev–Trinajstić information content (AvgIpc) is 3.21. The summed E-state index contributed by atoms with van der Waals surface area (Å²) >= 11 is 0. The number of nitrogens with one attached hydrogen (secondary N) is 1. The molecule has 27 heavy (non-hydrogen) atoms. The number of H-pyrrole nitrogens is 1. The number of carboxylic acid groups (broad SMARTS) is 1. The average molecular weight is 370 g/mol. The van der Waals surface area contributed by atoms with Crippen LogP contribution in [0, 0.1) is 12.7 Å². The first-order chi connectivity index (χ1) is 13.0. The van der Waals surface area contributed by atoms with Crippen molar-refractivity contribution in [2.75, 3.05) is 13.1 Å². The number of carboxylic acids is 1. The number of carbonyl (C=O) groups is 1. The van der Waals surface area contributed by atoms with Crippen LogP contribution < -0.4 is 0 Å². The van der Waals surface area contributed by atoms with Gasteiger partial charge in [0.25, 0.3) is 0 Å². The number of benzene rings is 1. The molecule has 1 saturated heterocycles. The quantitative estimate of drug-likeness (QED) is 0.723. The van der Waals surface area contributed by atoms with Crippen LogP contribution in [0.3, 0.4) is 0 Å². The lowest BCUT2D eigenvalue weighted by molar-refractivity contribution is -0.137. The number of nitrogens with zero attached hydrogens (tertiary/aromatic N) is 3. The summed E-state index contributed by atoms with van der Waals surface area (Å²) in [5.74, 6) is -0.803. The van der Waals surface area contributed by atoms with Gasteiger partial charge in [0.15, 0.2) is 0 Å². The normalized spacial score (nSPS) is 18.2. The fourth-order valence-electron chi connectivity index (χ4n) is 4.00. The summed E-state index contributed by atoms with van der Waals surface area (Å²) in [4.78, 5) is 16.7. The molecule has 0 amide bonds. The van der Waals surface area contributed by atoms with Crippen molar-refractivity contribution in [2.45, 2.75) is 38.8 Å². The number of fused-ring (bicyclic) bond motifs is 1. The Hall–Kier alpha value is -2.67. The fourth-order valence-corrected chi connectivity index (χ4v) is 4.00. The van der Waals surface area contributed by atoms with Crippen LogP contribution in [0.5, 0.6) is 0 Å². The van der Waals surface area contributed by atoms with E-state index in [2.05, 4.69) is 15.0 Å².